The molecule has 142 valence electrons. The van der Waals surface area contributed by atoms with Gasteiger partial charge in [0.1, 0.15) is 11.3 Å². The Hall–Kier alpha value is -2.91. The number of hydrogen-bond donors (Lipinski definition) is 2. The number of amides is 1. The Kier molecular flexibility index (Phi) is 5.72. The van der Waals surface area contributed by atoms with Gasteiger partial charge in [0, 0.05) is 12.8 Å². The minimum atomic E-state index is -3.87. The van der Waals surface area contributed by atoms with Gasteiger partial charge in [-0.05, 0) is 43.3 Å². The largest absolute Gasteiger partial charge is 0.494 e. The van der Waals surface area contributed by atoms with Crippen LogP contribution in [0.4, 0.5) is 0 Å². The summed E-state index contributed by atoms with van der Waals surface area (Å²) in [5, 5.41) is 0. The van der Waals surface area contributed by atoms with Crippen molar-refractivity contribution in [1.82, 2.24) is 15.2 Å². The van der Waals surface area contributed by atoms with Crippen LogP contribution >= 0.6 is 0 Å². The lowest BCUT2D eigenvalue weighted by atomic mass is 10.3. The molecule has 3 aromatic rings. The fourth-order valence-electron chi connectivity index (χ4n) is 2.37. The number of carbonyl (C=O) groups excluding carboxylic acids is 1. The summed E-state index contributed by atoms with van der Waals surface area (Å²) in [6.07, 6.45) is 0.282. The monoisotopic (exact) mass is 389 g/mol. The van der Waals surface area contributed by atoms with Gasteiger partial charge in [0.05, 0.1) is 11.5 Å². The van der Waals surface area contributed by atoms with Gasteiger partial charge in [-0.2, -0.15) is 0 Å². The molecule has 0 aliphatic rings. The molecule has 0 unspecified atom stereocenters. The molecule has 0 aliphatic carbocycles. The number of nitrogens with zero attached hydrogens (tertiary/aromatic N) is 1. The number of benzene rings is 2. The van der Waals surface area contributed by atoms with E-state index in [1.807, 2.05) is 25.1 Å². The molecule has 2 N–H and O–H groups in total. The summed E-state index contributed by atoms with van der Waals surface area (Å²) in [5.74, 6) is 0.492. The molecule has 1 aromatic heterocycles. The summed E-state index contributed by atoms with van der Waals surface area (Å²) >= 11 is 0. The topological polar surface area (TPSA) is 111 Å². The lowest BCUT2D eigenvalue weighted by Gasteiger charge is -2.09. The van der Waals surface area contributed by atoms with Crippen molar-refractivity contribution in [3.63, 3.8) is 0 Å². The maximum absolute atomic E-state index is 12.2. The number of rotatable bonds is 8. The zero-order valence-electron chi connectivity index (χ0n) is 14.6. The highest BCUT2D eigenvalue weighted by atomic mass is 32.2. The summed E-state index contributed by atoms with van der Waals surface area (Å²) in [6, 6.07) is 13.2. The van der Waals surface area contributed by atoms with E-state index in [0.717, 1.165) is 0 Å². The number of nitrogens with one attached hydrogen (secondary N) is 2. The lowest BCUT2D eigenvalue weighted by molar-refractivity contribution is -0.121. The van der Waals surface area contributed by atoms with Crippen LogP contribution in [0.1, 0.15) is 19.2 Å². The lowest BCUT2D eigenvalue weighted by Crippen LogP contribution is -2.41. The van der Waals surface area contributed by atoms with Crippen LogP contribution in [0.25, 0.3) is 11.1 Å². The number of ether oxygens (including phenoxy) is 1. The SMILES string of the molecule is CCOc1ccc(S(=O)(=O)NNC(=O)CCc2nc3ccccc3o2)cc1. The Balaban J connectivity index is 1.53. The van der Waals surface area contributed by atoms with Gasteiger partial charge in [-0.25, -0.2) is 13.4 Å². The first-order valence-corrected chi connectivity index (χ1v) is 9.84. The van der Waals surface area contributed by atoms with E-state index in [-0.39, 0.29) is 17.7 Å². The summed E-state index contributed by atoms with van der Waals surface area (Å²) in [6.45, 7) is 2.32. The van der Waals surface area contributed by atoms with Crippen LogP contribution in [0, 0.1) is 0 Å². The Morgan fingerprint density at radius 1 is 1.15 bits per heavy atom. The average molecular weight is 389 g/mol. The fraction of sp³-hybridized carbons (Fsp3) is 0.222. The number of aryl methyl sites for hydroxylation is 1. The third-order valence-electron chi connectivity index (χ3n) is 3.67. The summed E-state index contributed by atoms with van der Waals surface area (Å²) in [5.41, 5.74) is 3.54. The molecule has 1 heterocycles. The van der Waals surface area contributed by atoms with Gasteiger partial charge in [-0.15, -0.1) is 4.83 Å². The zero-order valence-corrected chi connectivity index (χ0v) is 15.5. The Labute approximate surface area is 156 Å². The predicted molar refractivity (Wildman–Crippen MR) is 98.4 cm³/mol. The molecule has 9 heteroatoms. The smallest absolute Gasteiger partial charge is 0.257 e. The molecule has 8 nitrogen and oxygen atoms in total. The van der Waals surface area contributed by atoms with Gasteiger partial charge in [0.15, 0.2) is 11.5 Å². The van der Waals surface area contributed by atoms with Crippen LogP contribution in [0.3, 0.4) is 0 Å². The number of aromatic nitrogens is 1. The summed E-state index contributed by atoms with van der Waals surface area (Å²) in [7, 11) is -3.87. The minimum Gasteiger partial charge on any atom is -0.494 e. The van der Waals surface area contributed by atoms with E-state index in [1.54, 1.807) is 18.2 Å². The molecule has 0 aliphatic heterocycles. The molecule has 0 spiro atoms. The fourth-order valence-corrected chi connectivity index (χ4v) is 3.23. The Morgan fingerprint density at radius 3 is 2.59 bits per heavy atom. The maximum Gasteiger partial charge on any atom is 0.257 e. The first-order chi connectivity index (χ1) is 13.0. The van der Waals surface area contributed by atoms with Crippen LogP contribution in [-0.2, 0) is 21.2 Å². The number of sulfonamides is 1. The van der Waals surface area contributed by atoms with E-state index < -0.39 is 15.9 Å². The molecule has 1 amide bonds. The van der Waals surface area contributed by atoms with Crippen LogP contribution in [-0.4, -0.2) is 25.9 Å². The molecule has 3 rings (SSSR count). The molecule has 0 radical (unpaired) electrons. The van der Waals surface area contributed by atoms with Crippen LogP contribution in [0.2, 0.25) is 0 Å². The summed E-state index contributed by atoms with van der Waals surface area (Å²) in [4.78, 5) is 18.3. The first-order valence-electron chi connectivity index (χ1n) is 8.36. The van der Waals surface area contributed by atoms with Crippen LogP contribution < -0.4 is 15.0 Å². The normalized spacial score (nSPS) is 11.4. The second-order valence-corrected chi connectivity index (χ2v) is 7.32. The van der Waals surface area contributed by atoms with E-state index in [2.05, 4.69) is 15.2 Å². The third-order valence-corrected chi connectivity index (χ3v) is 4.94. The van der Waals surface area contributed by atoms with Crippen molar-refractivity contribution >= 4 is 27.0 Å². The molecule has 2 aromatic carbocycles. The predicted octanol–water partition coefficient (Wildman–Crippen LogP) is 2.17. The molecular weight excluding hydrogens is 370 g/mol. The molecule has 0 atom stereocenters. The molecule has 27 heavy (non-hydrogen) atoms. The van der Waals surface area contributed by atoms with Gasteiger partial charge < -0.3 is 9.15 Å². The summed E-state index contributed by atoms with van der Waals surface area (Å²) < 4.78 is 35.2. The highest BCUT2D eigenvalue weighted by molar-refractivity contribution is 7.89. The molecule has 0 fully saturated rings. The number of carbonyl (C=O) groups is 1. The highest BCUT2D eigenvalue weighted by Crippen LogP contribution is 2.16. The third kappa shape index (κ3) is 4.83. The standard InChI is InChI=1S/C18H19N3O5S/c1-2-25-13-7-9-14(10-8-13)27(23,24)21-20-17(22)11-12-18-19-15-5-3-4-6-16(15)26-18/h3-10,21H,2,11-12H2,1H3,(H,20,22). The Morgan fingerprint density at radius 2 is 1.89 bits per heavy atom. The molecule has 0 saturated carbocycles. The maximum atomic E-state index is 12.2. The van der Waals surface area contributed by atoms with Crippen molar-refractivity contribution in [3.05, 3.63) is 54.4 Å². The number of hydrogen-bond acceptors (Lipinski definition) is 6. The van der Waals surface area contributed by atoms with Crippen molar-refractivity contribution in [2.45, 2.75) is 24.7 Å². The van der Waals surface area contributed by atoms with Gasteiger partial charge in [0.2, 0.25) is 5.91 Å². The number of oxazole rings is 1. The van der Waals surface area contributed by atoms with Gasteiger partial charge >= 0.3 is 0 Å². The van der Waals surface area contributed by atoms with E-state index in [0.29, 0.717) is 29.3 Å². The highest BCUT2D eigenvalue weighted by Gasteiger charge is 2.15. The van der Waals surface area contributed by atoms with E-state index >= 15 is 0 Å². The molecule has 0 saturated heterocycles. The van der Waals surface area contributed by atoms with E-state index in [9.17, 15) is 13.2 Å². The van der Waals surface area contributed by atoms with Crippen molar-refractivity contribution in [3.8, 4) is 5.75 Å². The zero-order chi connectivity index (χ0) is 19.3. The minimum absolute atomic E-state index is 0.0187. The number of para-hydroxylation sites is 2. The average Bonchev–Trinajstić information content (AvgIpc) is 3.08. The van der Waals surface area contributed by atoms with Crippen LogP contribution in [0.15, 0.2) is 57.8 Å². The number of hydrazine groups is 1. The molecule has 0 bridgehead atoms. The number of fused-ring (bicyclic) bond motifs is 1. The second-order valence-electron chi connectivity index (χ2n) is 5.63. The van der Waals surface area contributed by atoms with Crippen molar-refractivity contribution in [1.29, 1.82) is 0 Å². The van der Waals surface area contributed by atoms with Crippen molar-refractivity contribution in [2.24, 2.45) is 0 Å². The van der Waals surface area contributed by atoms with Gasteiger partial charge in [0.25, 0.3) is 10.0 Å². The van der Waals surface area contributed by atoms with E-state index in [1.165, 1.54) is 12.1 Å². The first kappa shape index (κ1) is 18.9. The quantitative estimate of drug-likeness (QED) is 0.571. The van der Waals surface area contributed by atoms with Gasteiger partial charge in [-0.3, -0.25) is 10.2 Å². The van der Waals surface area contributed by atoms with Crippen molar-refractivity contribution in [2.75, 3.05) is 6.61 Å². The van der Waals surface area contributed by atoms with E-state index in [4.69, 9.17) is 9.15 Å². The Bertz CT molecular complexity index is 996. The second kappa shape index (κ2) is 8.19. The van der Waals surface area contributed by atoms with Gasteiger partial charge in [-0.1, -0.05) is 12.1 Å². The van der Waals surface area contributed by atoms with Crippen molar-refractivity contribution < 1.29 is 22.4 Å². The molecular formula is C18H19N3O5S. The van der Waals surface area contributed by atoms with Crippen LogP contribution in [0.5, 0.6) is 5.75 Å².